The SMILES string of the molecule is COc1ccccc1NC(=S)NC(=O)c1ccc2c(c1)OCCO2. The maximum atomic E-state index is 12.3. The molecule has 0 fully saturated rings. The number of anilines is 1. The van der Waals surface area contributed by atoms with Gasteiger partial charge in [-0.25, -0.2) is 0 Å². The van der Waals surface area contributed by atoms with Crippen LogP contribution < -0.4 is 24.8 Å². The quantitative estimate of drug-likeness (QED) is 0.834. The smallest absolute Gasteiger partial charge is 0.257 e. The van der Waals surface area contributed by atoms with Gasteiger partial charge < -0.3 is 19.5 Å². The molecular weight excluding hydrogens is 328 g/mol. The van der Waals surface area contributed by atoms with Gasteiger partial charge in [-0.2, -0.15) is 0 Å². The van der Waals surface area contributed by atoms with E-state index in [9.17, 15) is 4.79 Å². The number of benzene rings is 2. The molecule has 1 aliphatic rings. The second-order valence-electron chi connectivity index (χ2n) is 4.97. The minimum absolute atomic E-state index is 0.180. The molecule has 0 aromatic heterocycles. The van der Waals surface area contributed by atoms with E-state index < -0.39 is 0 Å². The minimum atomic E-state index is -0.334. The van der Waals surface area contributed by atoms with Gasteiger partial charge in [0, 0.05) is 5.56 Å². The predicted octanol–water partition coefficient (Wildman–Crippen LogP) is 2.59. The number of ether oxygens (including phenoxy) is 3. The molecular formula is C17H16N2O4S. The van der Waals surface area contributed by atoms with E-state index in [0.717, 1.165) is 0 Å². The van der Waals surface area contributed by atoms with Crippen LogP contribution >= 0.6 is 12.2 Å². The monoisotopic (exact) mass is 344 g/mol. The van der Waals surface area contributed by atoms with E-state index in [4.69, 9.17) is 26.4 Å². The van der Waals surface area contributed by atoms with Gasteiger partial charge in [-0.1, -0.05) is 12.1 Å². The largest absolute Gasteiger partial charge is 0.495 e. The zero-order chi connectivity index (χ0) is 16.9. The van der Waals surface area contributed by atoms with Gasteiger partial charge in [-0.05, 0) is 42.5 Å². The highest BCUT2D eigenvalue weighted by atomic mass is 32.1. The number of nitrogens with one attached hydrogen (secondary N) is 2. The maximum Gasteiger partial charge on any atom is 0.257 e. The molecule has 24 heavy (non-hydrogen) atoms. The van der Waals surface area contributed by atoms with Crippen LogP contribution in [0, 0.1) is 0 Å². The fraction of sp³-hybridized carbons (Fsp3) is 0.176. The van der Waals surface area contributed by atoms with Gasteiger partial charge in [-0.3, -0.25) is 10.1 Å². The lowest BCUT2D eigenvalue weighted by Gasteiger charge is -2.18. The molecule has 0 saturated carbocycles. The Morgan fingerprint density at radius 1 is 1.12 bits per heavy atom. The van der Waals surface area contributed by atoms with Crippen LogP contribution in [0.15, 0.2) is 42.5 Å². The second kappa shape index (κ2) is 7.18. The first kappa shape index (κ1) is 16.1. The van der Waals surface area contributed by atoms with Crippen LogP contribution in [0.4, 0.5) is 5.69 Å². The zero-order valence-corrected chi connectivity index (χ0v) is 13.8. The van der Waals surface area contributed by atoms with E-state index >= 15 is 0 Å². The van der Waals surface area contributed by atoms with Crippen molar-refractivity contribution in [2.24, 2.45) is 0 Å². The average molecular weight is 344 g/mol. The lowest BCUT2D eigenvalue weighted by molar-refractivity contribution is 0.0976. The third-order valence-electron chi connectivity index (χ3n) is 3.39. The normalized spacial score (nSPS) is 12.2. The van der Waals surface area contributed by atoms with Crippen LogP contribution in [0.2, 0.25) is 0 Å². The van der Waals surface area contributed by atoms with Crippen molar-refractivity contribution in [2.45, 2.75) is 0 Å². The average Bonchev–Trinajstić information content (AvgIpc) is 2.61. The second-order valence-corrected chi connectivity index (χ2v) is 5.38. The number of hydrogen-bond donors (Lipinski definition) is 2. The highest BCUT2D eigenvalue weighted by Gasteiger charge is 2.16. The minimum Gasteiger partial charge on any atom is -0.495 e. The fourth-order valence-corrected chi connectivity index (χ4v) is 2.46. The first-order valence-electron chi connectivity index (χ1n) is 7.32. The van der Waals surface area contributed by atoms with Crippen molar-refractivity contribution >= 4 is 28.9 Å². The van der Waals surface area contributed by atoms with Crippen LogP contribution in [0.1, 0.15) is 10.4 Å². The van der Waals surface area contributed by atoms with Gasteiger partial charge >= 0.3 is 0 Å². The summed E-state index contributed by atoms with van der Waals surface area (Å²) in [5, 5.41) is 5.76. The standard InChI is InChI=1S/C17H16N2O4S/c1-21-13-5-3-2-4-12(13)18-17(24)19-16(20)11-6-7-14-15(10-11)23-9-8-22-14/h2-7,10H,8-9H2,1H3,(H2,18,19,20,24). The number of rotatable bonds is 3. The molecule has 2 aromatic carbocycles. The van der Waals surface area contributed by atoms with E-state index in [1.807, 2.05) is 12.1 Å². The van der Waals surface area contributed by atoms with Crippen molar-refractivity contribution in [1.82, 2.24) is 5.32 Å². The van der Waals surface area contributed by atoms with E-state index in [1.54, 1.807) is 37.4 Å². The first-order chi connectivity index (χ1) is 11.7. The molecule has 0 saturated heterocycles. The molecule has 0 radical (unpaired) electrons. The Kier molecular flexibility index (Phi) is 4.81. The van der Waals surface area contributed by atoms with E-state index in [2.05, 4.69) is 10.6 Å². The molecule has 1 heterocycles. The number of hydrogen-bond acceptors (Lipinski definition) is 5. The molecule has 0 aliphatic carbocycles. The van der Waals surface area contributed by atoms with Crippen LogP contribution in [0.5, 0.6) is 17.2 Å². The van der Waals surface area contributed by atoms with Crippen molar-refractivity contribution in [3.8, 4) is 17.2 Å². The third kappa shape index (κ3) is 3.57. The first-order valence-corrected chi connectivity index (χ1v) is 7.73. The van der Waals surface area contributed by atoms with Crippen LogP contribution in [-0.2, 0) is 0 Å². The number of carbonyl (C=O) groups excluding carboxylic acids is 1. The summed E-state index contributed by atoms with van der Waals surface area (Å²) in [6.45, 7) is 0.970. The third-order valence-corrected chi connectivity index (χ3v) is 3.59. The predicted molar refractivity (Wildman–Crippen MR) is 94.1 cm³/mol. The molecule has 0 atom stereocenters. The summed E-state index contributed by atoms with van der Waals surface area (Å²) in [7, 11) is 1.57. The van der Waals surface area contributed by atoms with Gasteiger partial charge in [0.1, 0.15) is 19.0 Å². The highest BCUT2D eigenvalue weighted by molar-refractivity contribution is 7.80. The molecule has 3 rings (SSSR count). The molecule has 1 aliphatic heterocycles. The van der Waals surface area contributed by atoms with E-state index in [-0.39, 0.29) is 11.0 Å². The topological polar surface area (TPSA) is 68.8 Å². The van der Waals surface area contributed by atoms with Crippen LogP contribution in [0.25, 0.3) is 0 Å². The number of thiocarbonyl (C=S) groups is 1. The lowest BCUT2D eigenvalue weighted by atomic mass is 10.2. The Hall–Kier alpha value is -2.80. The zero-order valence-electron chi connectivity index (χ0n) is 13.0. The fourth-order valence-electron chi connectivity index (χ4n) is 2.26. The number of methoxy groups -OCH3 is 1. The molecule has 0 spiro atoms. The van der Waals surface area contributed by atoms with E-state index in [1.165, 1.54) is 0 Å². The van der Waals surface area contributed by atoms with Crippen LogP contribution in [0.3, 0.4) is 0 Å². The molecule has 124 valence electrons. The number of amides is 1. The summed E-state index contributed by atoms with van der Waals surface area (Å²) in [5.74, 6) is 1.48. The Morgan fingerprint density at radius 3 is 2.67 bits per heavy atom. The van der Waals surface area contributed by atoms with Crippen molar-refractivity contribution in [1.29, 1.82) is 0 Å². The molecule has 0 unspecified atom stereocenters. The van der Waals surface area contributed by atoms with Crippen molar-refractivity contribution in [2.75, 3.05) is 25.6 Å². The van der Waals surface area contributed by atoms with Crippen molar-refractivity contribution in [3.05, 3.63) is 48.0 Å². The summed E-state index contributed by atoms with van der Waals surface area (Å²) in [4.78, 5) is 12.3. The summed E-state index contributed by atoms with van der Waals surface area (Å²) < 4.78 is 16.1. The van der Waals surface area contributed by atoms with E-state index in [0.29, 0.717) is 41.7 Å². The van der Waals surface area contributed by atoms with Gasteiger partial charge in [0.05, 0.1) is 12.8 Å². The maximum absolute atomic E-state index is 12.3. The van der Waals surface area contributed by atoms with Gasteiger partial charge in [0.2, 0.25) is 0 Å². The number of para-hydroxylation sites is 2. The molecule has 6 nitrogen and oxygen atoms in total. The van der Waals surface area contributed by atoms with Crippen molar-refractivity contribution < 1.29 is 19.0 Å². The summed E-state index contributed by atoms with van der Waals surface area (Å²) in [5.41, 5.74) is 1.11. The van der Waals surface area contributed by atoms with Crippen molar-refractivity contribution in [3.63, 3.8) is 0 Å². The molecule has 1 amide bonds. The van der Waals surface area contributed by atoms with Gasteiger partial charge in [0.15, 0.2) is 16.6 Å². The molecule has 7 heteroatoms. The molecule has 2 aromatic rings. The Balaban J connectivity index is 1.67. The summed E-state index contributed by atoms with van der Waals surface area (Å²) in [6.07, 6.45) is 0. The number of fused-ring (bicyclic) bond motifs is 1. The van der Waals surface area contributed by atoms with Gasteiger partial charge in [0.25, 0.3) is 5.91 Å². The van der Waals surface area contributed by atoms with Crippen LogP contribution in [-0.4, -0.2) is 31.3 Å². The van der Waals surface area contributed by atoms with Gasteiger partial charge in [-0.15, -0.1) is 0 Å². The lowest BCUT2D eigenvalue weighted by Crippen LogP contribution is -2.34. The highest BCUT2D eigenvalue weighted by Crippen LogP contribution is 2.30. The summed E-state index contributed by atoms with van der Waals surface area (Å²) in [6, 6.07) is 12.3. The Morgan fingerprint density at radius 2 is 1.88 bits per heavy atom. The Bertz CT molecular complexity index is 779. The summed E-state index contributed by atoms with van der Waals surface area (Å²) >= 11 is 5.19. The molecule has 2 N–H and O–H groups in total. The Labute approximate surface area is 144 Å². The number of carbonyl (C=O) groups is 1. The molecule has 0 bridgehead atoms.